The van der Waals surface area contributed by atoms with Gasteiger partial charge >= 0.3 is 0 Å². The maximum atomic E-state index is 6.02. The molecule has 3 heteroatoms. The maximum Gasteiger partial charge on any atom is 0.123 e. The Morgan fingerprint density at radius 2 is 2.11 bits per heavy atom. The summed E-state index contributed by atoms with van der Waals surface area (Å²) in [6.45, 7) is 9.08. The van der Waals surface area contributed by atoms with Gasteiger partial charge in [-0.1, -0.05) is 32.4 Å². The van der Waals surface area contributed by atoms with Crippen molar-refractivity contribution >= 4 is 11.6 Å². The van der Waals surface area contributed by atoms with E-state index in [2.05, 4.69) is 26.1 Å². The highest BCUT2D eigenvalue weighted by atomic mass is 35.5. The molecule has 0 bridgehead atoms. The molecule has 0 aliphatic heterocycles. The van der Waals surface area contributed by atoms with Crippen LogP contribution in [0.2, 0.25) is 5.02 Å². The van der Waals surface area contributed by atoms with Crippen molar-refractivity contribution in [2.75, 3.05) is 13.2 Å². The highest BCUT2D eigenvalue weighted by Crippen LogP contribution is 2.23. The van der Waals surface area contributed by atoms with Gasteiger partial charge in [-0.05, 0) is 43.5 Å². The van der Waals surface area contributed by atoms with E-state index in [0.717, 1.165) is 48.4 Å². The first-order valence-electron chi connectivity index (χ1n) is 6.75. The fourth-order valence-electron chi connectivity index (χ4n) is 1.76. The number of nitrogens with one attached hydrogen (secondary N) is 1. The van der Waals surface area contributed by atoms with Gasteiger partial charge in [0.15, 0.2) is 0 Å². The zero-order valence-electron chi connectivity index (χ0n) is 11.6. The number of hydrogen-bond donors (Lipinski definition) is 1. The molecule has 1 aromatic carbocycles. The van der Waals surface area contributed by atoms with E-state index >= 15 is 0 Å². The monoisotopic (exact) mass is 269 g/mol. The summed E-state index contributed by atoms with van der Waals surface area (Å²) in [5, 5.41) is 4.06. The smallest absolute Gasteiger partial charge is 0.123 e. The molecule has 0 heterocycles. The molecule has 0 amide bonds. The predicted octanol–water partition coefficient (Wildman–Crippen LogP) is 4.26. The van der Waals surface area contributed by atoms with Crippen molar-refractivity contribution in [1.29, 1.82) is 0 Å². The summed E-state index contributed by atoms with van der Waals surface area (Å²) in [5.74, 6) is 1.68. The highest BCUT2D eigenvalue weighted by molar-refractivity contribution is 6.30. The van der Waals surface area contributed by atoms with Crippen LogP contribution in [0.5, 0.6) is 5.75 Å². The third kappa shape index (κ3) is 5.74. The van der Waals surface area contributed by atoms with Gasteiger partial charge in [0.1, 0.15) is 5.75 Å². The van der Waals surface area contributed by atoms with Crippen LogP contribution in [0.3, 0.4) is 0 Å². The van der Waals surface area contributed by atoms with Gasteiger partial charge in [0.2, 0.25) is 0 Å². The number of halogens is 1. The lowest BCUT2D eigenvalue weighted by atomic mass is 10.1. The van der Waals surface area contributed by atoms with Crippen molar-refractivity contribution in [3.8, 4) is 5.75 Å². The van der Waals surface area contributed by atoms with Gasteiger partial charge in [0, 0.05) is 17.1 Å². The van der Waals surface area contributed by atoms with E-state index < -0.39 is 0 Å². The summed E-state index contributed by atoms with van der Waals surface area (Å²) in [7, 11) is 0. The molecule has 0 radical (unpaired) electrons. The van der Waals surface area contributed by atoms with Crippen LogP contribution < -0.4 is 10.1 Å². The first-order valence-corrected chi connectivity index (χ1v) is 7.13. The standard InChI is InChI=1S/C15H24ClNO/c1-4-17-11-13-10-14(16)7-8-15(13)18-9-5-6-12(2)3/h7-8,10,12,17H,4-6,9,11H2,1-3H3. The predicted molar refractivity (Wildman–Crippen MR) is 78.4 cm³/mol. The summed E-state index contributed by atoms with van der Waals surface area (Å²) in [4.78, 5) is 0. The fraction of sp³-hybridized carbons (Fsp3) is 0.600. The fourth-order valence-corrected chi connectivity index (χ4v) is 1.96. The summed E-state index contributed by atoms with van der Waals surface area (Å²) in [5.41, 5.74) is 1.13. The topological polar surface area (TPSA) is 21.3 Å². The van der Waals surface area contributed by atoms with Gasteiger partial charge in [-0.15, -0.1) is 0 Å². The van der Waals surface area contributed by atoms with Crippen LogP contribution >= 0.6 is 11.6 Å². The van der Waals surface area contributed by atoms with E-state index in [-0.39, 0.29) is 0 Å². The lowest BCUT2D eigenvalue weighted by Crippen LogP contribution is -2.13. The van der Waals surface area contributed by atoms with E-state index in [9.17, 15) is 0 Å². The Kier molecular flexibility index (Phi) is 7.14. The van der Waals surface area contributed by atoms with Crippen LogP contribution in [0.15, 0.2) is 18.2 Å². The Morgan fingerprint density at radius 3 is 2.78 bits per heavy atom. The quantitative estimate of drug-likeness (QED) is 0.712. The second-order valence-electron chi connectivity index (χ2n) is 4.92. The summed E-state index contributed by atoms with van der Waals surface area (Å²) >= 11 is 6.02. The summed E-state index contributed by atoms with van der Waals surface area (Å²) in [6, 6.07) is 5.82. The molecule has 0 unspecified atom stereocenters. The molecule has 2 nitrogen and oxygen atoms in total. The van der Waals surface area contributed by atoms with Crippen LogP contribution in [0.25, 0.3) is 0 Å². The molecule has 0 spiro atoms. The zero-order valence-corrected chi connectivity index (χ0v) is 12.4. The molecule has 0 aromatic heterocycles. The largest absolute Gasteiger partial charge is 0.493 e. The number of benzene rings is 1. The van der Waals surface area contributed by atoms with Crippen molar-refractivity contribution in [3.05, 3.63) is 28.8 Å². The Hall–Kier alpha value is -0.730. The second kappa shape index (κ2) is 8.39. The Morgan fingerprint density at radius 1 is 1.33 bits per heavy atom. The lowest BCUT2D eigenvalue weighted by Gasteiger charge is -2.13. The van der Waals surface area contributed by atoms with Crippen molar-refractivity contribution in [2.24, 2.45) is 5.92 Å². The van der Waals surface area contributed by atoms with Crippen LogP contribution in [-0.4, -0.2) is 13.2 Å². The summed E-state index contributed by atoms with van der Waals surface area (Å²) < 4.78 is 5.84. The first kappa shape index (κ1) is 15.3. The minimum atomic E-state index is 0.736. The van der Waals surface area contributed by atoms with E-state index in [1.54, 1.807) is 0 Å². The Bertz CT molecular complexity index is 352. The average molecular weight is 270 g/mol. The molecule has 1 rings (SSSR count). The van der Waals surface area contributed by atoms with Gasteiger partial charge < -0.3 is 10.1 Å². The van der Waals surface area contributed by atoms with E-state index in [4.69, 9.17) is 16.3 Å². The van der Waals surface area contributed by atoms with Crippen LogP contribution in [0.4, 0.5) is 0 Å². The minimum absolute atomic E-state index is 0.736. The molecule has 1 N–H and O–H groups in total. The lowest BCUT2D eigenvalue weighted by molar-refractivity contribution is 0.294. The molecule has 0 saturated carbocycles. The van der Waals surface area contributed by atoms with Crippen molar-refractivity contribution < 1.29 is 4.74 Å². The third-order valence-corrected chi connectivity index (χ3v) is 3.01. The van der Waals surface area contributed by atoms with E-state index in [1.165, 1.54) is 6.42 Å². The molecule has 1 aromatic rings. The van der Waals surface area contributed by atoms with Crippen LogP contribution in [-0.2, 0) is 6.54 Å². The van der Waals surface area contributed by atoms with Crippen molar-refractivity contribution in [2.45, 2.75) is 40.2 Å². The molecule has 102 valence electrons. The normalized spacial score (nSPS) is 10.9. The molecular formula is C15H24ClNO. The second-order valence-corrected chi connectivity index (χ2v) is 5.35. The molecule has 18 heavy (non-hydrogen) atoms. The van der Waals surface area contributed by atoms with E-state index in [1.807, 2.05) is 18.2 Å². The maximum absolute atomic E-state index is 6.02. The van der Waals surface area contributed by atoms with Crippen molar-refractivity contribution in [3.63, 3.8) is 0 Å². The average Bonchev–Trinajstić information content (AvgIpc) is 2.33. The van der Waals surface area contributed by atoms with Crippen LogP contribution in [0.1, 0.15) is 39.2 Å². The molecule has 0 fully saturated rings. The number of hydrogen-bond acceptors (Lipinski definition) is 2. The van der Waals surface area contributed by atoms with Crippen LogP contribution in [0, 0.1) is 5.92 Å². The molecule has 0 aliphatic rings. The highest BCUT2D eigenvalue weighted by Gasteiger charge is 2.04. The van der Waals surface area contributed by atoms with Gasteiger partial charge in [0.05, 0.1) is 6.61 Å². The molecule has 0 aliphatic carbocycles. The SMILES string of the molecule is CCNCc1cc(Cl)ccc1OCCCC(C)C. The van der Waals surface area contributed by atoms with Crippen molar-refractivity contribution in [1.82, 2.24) is 5.32 Å². The van der Waals surface area contributed by atoms with E-state index in [0.29, 0.717) is 0 Å². The molecule has 0 saturated heterocycles. The number of ether oxygens (including phenoxy) is 1. The number of rotatable bonds is 8. The van der Waals surface area contributed by atoms with Gasteiger partial charge in [-0.2, -0.15) is 0 Å². The van der Waals surface area contributed by atoms with Gasteiger partial charge in [0.25, 0.3) is 0 Å². The Labute approximate surface area is 116 Å². The van der Waals surface area contributed by atoms with Gasteiger partial charge in [-0.3, -0.25) is 0 Å². The van der Waals surface area contributed by atoms with Gasteiger partial charge in [-0.25, -0.2) is 0 Å². The Balaban J connectivity index is 2.52. The first-order chi connectivity index (χ1) is 8.63. The third-order valence-electron chi connectivity index (χ3n) is 2.77. The summed E-state index contributed by atoms with van der Waals surface area (Å²) in [6.07, 6.45) is 2.30. The molecule has 0 atom stereocenters. The minimum Gasteiger partial charge on any atom is -0.493 e. The zero-order chi connectivity index (χ0) is 13.4. The molecular weight excluding hydrogens is 246 g/mol.